The molecule has 2 atom stereocenters. The molecular formula is C25H31N3O4S. The second-order valence-corrected chi connectivity index (χ2v) is 10.9. The van der Waals surface area contributed by atoms with Gasteiger partial charge in [0.05, 0.1) is 11.8 Å². The lowest BCUT2D eigenvalue weighted by atomic mass is 9.84. The number of rotatable bonds is 7. The zero-order chi connectivity index (χ0) is 23.8. The molecule has 0 bridgehead atoms. The van der Waals surface area contributed by atoms with Gasteiger partial charge in [0.1, 0.15) is 11.5 Å². The molecule has 2 aromatic carbocycles. The Balaban J connectivity index is 1.76. The summed E-state index contributed by atoms with van der Waals surface area (Å²) in [6.07, 6.45) is 2.67. The summed E-state index contributed by atoms with van der Waals surface area (Å²) in [7, 11) is -1.69. The highest BCUT2D eigenvalue weighted by Gasteiger charge is 2.41. The van der Waals surface area contributed by atoms with E-state index in [-0.39, 0.29) is 23.6 Å². The summed E-state index contributed by atoms with van der Waals surface area (Å²) >= 11 is 0. The van der Waals surface area contributed by atoms with E-state index >= 15 is 0 Å². The van der Waals surface area contributed by atoms with Gasteiger partial charge in [-0.25, -0.2) is 8.42 Å². The Morgan fingerprint density at radius 2 is 1.91 bits per heavy atom. The van der Waals surface area contributed by atoms with Gasteiger partial charge in [-0.15, -0.1) is 0 Å². The van der Waals surface area contributed by atoms with E-state index in [1.165, 1.54) is 5.56 Å². The number of amides is 1. The first-order chi connectivity index (χ1) is 15.7. The molecule has 0 aliphatic carbocycles. The highest BCUT2D eigenvalue weighted by Crippen LogP contribution is 2.42. The van der Waals surface area contributed by atoms with Crippen LogP contribution in [0.5, 0.6) is 11.5 Å². The van der Waals surface area contributed by atoms with Crippen LogP contribution in [0.2, 0.25) is 0 Å². The molecule has 0 aromatic heterocycles. The molecule has 176 valence electrons. The molecule has 8 heteroatoms. The summed E-state index contributed by atoms with van der Waals surface area (Å²) in [5.41, 5.74) is 3.43. The van der Waals surface area contributed by atoms with Gasteiger partial charge in [-0.3, -0.25) is 9.52 Å². The van der Waals surface area contributed by atoms with Crippen molar-refractivity contribution in [1.82, 2.24) is 10.2 Å². The molecule has 0 radical (unpaired) electrons. The molecule has 2 heterocycles. The SMILES string of the molecule is CCS(=O)(=O)Nc1ccc(Oc2ccc(C(C)C)cc2)c(C2=CN(C)C(=O)C3NCCC23)c1. The van der Waals surface area contributed by atoms with Crippen molar-refractivity contribution >= 4 is 27.2 Å². The Kier molecular flexibility index (Phi) is 6.50. The van der Waals surface area contributed by atoms with Gasteiger partial charge >= 0.3 is 0 Å². The number of carbonyl (C=O) groups excluding carboxylic acids is 1. The highest BCUT2D eigenvalue weighted by atomic mass is 32.2. The minimum absolute atomic E-state index is 0.00241. The first-order valence-electron chi connectivity index (χ1n) is 11.3. The Labute approximate surface area is 195 Å². The average molecular weight is 470 g/mol. The van der Waals surface area contributed by atoms with Gasteiger partial charge in [0.25, 0.3) is 0 Å². The van der Waals surface area contributed by atoms with E-state index < -0.39 is 10.0 Å². The van der Waals surface area contributed by atoms with Crippen LogP contribution < -0.4 is 14.8 Å². The number of hydrogen-bond donors (Lipinski definition) is 2. The number of hydrogen-bond acceptors (Lipinski definition) is 5. The zero-order valence-corrected chi connectivity index (χ0v) is 20.3. The predicted octanol–water partition coefficient (Wildman–Crippen LogP) is 4.15. The van der Waals surface area contributed by atoms with E-state index in [9.17, 15) is 13.2 Å². The predicted molar refractivity (Wildman–Crippen MR) is 131 cm³/mol. The van der Waals surface area contributed by atoms with E-state index in [1.807, 2.05) is 30.5 Å². The summed E-state index contributed by atoms with van der Waals surface area (Å²) in [4.78, 5) is 14.2. The van der Waals surface area contributed by atoms with Crippen molar-refractivity contribution in [2.24, 2.45) is 5.92 Å². The summed E-state index contributed by atoms with van der Waals surface area (Å²) in [5, 5.41) is 3.30. The molecule has 7 nitrogen and oxygen atoms in total. The molecular weight excluding hydrogens is 438 g/mol. The summed E-state index contributed by atoms with van der Waals surface area (Å²) in [6.45, 7) is 6.63. The standard InChI is InChI=1S/C25H31N3O4S/c1-5-33(30,31)27-18-8-11-23(32-19-9-6-17(7-10-19)16(2)3)21(14-18)22-15-28(4)25(29)24-20(22)12-13-26-24/h6-11,14-16,20,24,26-27H,5,12-13H2,1-4H3. The van der Waals surface area contributed by atoms with Crippen LogP contribution in [0.15, 0.2) is 48.7 Å². The normalized spacial score (nSPS) is 20.6. The Morgan fingerprint density at radius 3 is 2.58 bits per heavy atom. The maximum atomic E-state index is 12.6. The summed E-state index contributed by atoms with van der Waals surface area (Å²) in [5.74, 6) is 1.76. The molecule has 2 N–H and O–H groups in total. The molecule has 0 saturated carbocycles. The third-order valence-corrected chi connectivity index (χ3v) is 7.59. The van der Waals surface area contributed by atoms with Gasteiger partial charge in [0.2, 0.25) is 15.9 Å². The van der Waals surface area contributed by atoms with Crippen molar-refractivity contribution in [3.8, 4) is 11.5 Å². The van der Waals surface area contributed by atoms with E-state index in [0.29, 0.717) is 23.1 Å². The Morgan fingerprint density at radius 1 is 1.18 bits per heavy atom. The van der Waals surface area contributed by atoms with Crippen molar-refractivity contribution in [2.75, 3.05) is 24.1 Å². The van der Waals surface area contributed by atoms with Gasteiger partial charge in [-0.1, -0.05) is 26.0 Å². The number of carbonyl (C=O) groups is 1. The maximum Gasteiger partial charge on any atom is 0.244 e. The van der Waals surface area contributed by atoms with Gasteiger partial charge in [-0.05, 0) is 67.3 Å². The van der Waals surface area contributed by atoms with Crippen LogP contribution in [0, 0.1) is 5.92 Å². The fourth-order valence-corrected chi connectivity index (χ4v) is 4.99. The van der Waals surface area contributed by atoms with E-state index in [0.717, 1.165) is 24.1 Å². The molecule has 1 saturated heterocycles. The van der Waals surface area contributed by atoms with Crippen molar-refractivity contribution in [1.29, 1.82) is 0 Å². The fourth-order valence-electron chi connectivity index (χ4n) is 4.36. The van der Waals surface area contributed by atoms with Crippen molar-refractivity contribution in [3.63, 3.8) is 0 Å². The van der Waals surface area contributed by atoms with Crippen LogP contribution >= 0.6 is 0 Å². The number of likely N-dealkylation sites (N-methyl/N-ethyl adjacent to an activating group) is 1. The number of fused-ring (bicyclic) bond motifs is 1. The van der Waals surface area contributed by atoms with Crippen molar-refractivity contribution in [2.45, 2.75) is 39.2 Å². The van der Waals surface area contributed by atoms with Crippen LogP contribution in [0.4, 0.5) is 5.69 Å². The Hall–Kier alpha value is -2.84. The average Bonchev–Trinajstić information content (AvgIpc) is 3.28. The van der Waals surface area contributed by atoms with Crippen LogP contribution in [0.3, 0.4) is 0 Å². The van der Waals surface area contributed by atoms with Crippen LogP contribution in [-0.4, -0.2) is 44.6 Å². The topological polar surface area (TPSA) is 87.7 Å². The molecule has 2 aromatic rings. The monoisotopic (exact) mass is 469 g/mol. The number of sulfonamides is 1. The molecule has 2 aliphatic rings. The second-order valence-electron chi connectivity index (χ2n) is 8.90. The minimum Gasteiger partial charge on any atom is -0.457 e. The zero-order valence-electron chi connectivity index (χ0n) is 19.5. The first-order valence-corrected chi connectivity index (χ1v) is 13.0. The number of anilines is 1. The molecule has 2 unspecified atom stereocenters. The molecule has 2 aliphatic heterocycles. The molecule has 4 rings (SSSR count). The van der Waals surface area contributed by atoms with Crippen molar-refractivity contribution in [3.05, 3.63) is 59.8 Å². The second kappa shape index (κ2) is 9.19. The lowest BCUT2D eigenvalue weighted by molar-refractivity contribution is -0.130. The smallest absolute Gasteiger partial charge is 0.244 e. The number of nitrogens with zero attached hydrogens (tertiary/aromatic N) is 1. The van der Waals surface area contributed by atoms with E-state index in [4.69, 9.17) is 4.74 Å². The van der Waals surface area contributed by atoms with Crippen LogP contribution in [0.25, 0.3) is 5.57 Å². The number of benzene rings is 2. The first kappa shape index (κ1) is 23.3. The minimum atomic E-state index is -3.43. The van der Waals surface area contributed by atoms with Gasteiger partial charge in [0, 0.05) is 30.4 Å². The van der Waals surface area contributed by atoms with Gasteiger partial charge in [0.15, 0.2) is 0 Å². The highest BCUT2D eigenvalue weighted by molar-refractivity contribution is 7.92. The third kappa shape index (κ3) is 4.91. The lowest BCUT2D eigenvalue weighted by Gasteiger charge is -2.32. The molecule has 1 amide bonds. The third-order valence-electron chi connectivity index (χ3n) is 6.29. The van der Waals surface area contributed by atoms with Gasteiger partial charge in [-0.2, -0.15) is 0 Å². The largest absolute Gasteiger partial charge is 0.457 e. The molecule has 33 heavy (non-hydrogen) atoms. The van der Waals surface area contributed by atoms with Crippen LogP contribution in [0.1, 0.15) is 44.2 Å². The van der Waals surface area contributed by atoms with Crippen molar-refractivity contribution < 1.29 is 17.9 Å². The Bertz CT molecular complexity index is 1170. The number of ether oxygens (including phenoxy) is 1. The summed E-state index contributed by atoms with van der Waals surface area (Å²) in [6, 6.07) is 13.0. The summed E-state index contributed by atoms with van der Waals surface area (Å²) < 4.78 is 33.3. The van der Waals surface area contributed by atoms with Crippen LogP contribution in [-0.2, 0) is 14.8 Å². The molecule has 1 fully saturated rings. The number of nitrogens with one attached hydrogen (secondary N) is 2. The van der Waals surface area contributed by atoms with E-state index in [1.54, 1.807) is 37.1 Å². The molecule has 0 spiro atoms. The maximum absolute atomic E-state index is 12.6. The van der Waals surface area contributed by atoms with E-state index in [2.05, 4.69) is 23.9 Å². The fraction of sp³-hybridized carbons (Fsp3) is 0.400. The van der Waals surface area contributed by atoms with Gasteiger partial charge < -0.3 is 15.0 Å². The lowest BCUT2D eigenvalue weighted by Crippen LogP contribution is -2.46. The quantitative estimate of drug-likeness (QED) is 0.636.